The zero-order chi connectivity index (χ0) is 13.1. The predicted octanol–water partition coefficient (Wildman–Crippen LogP) is 1.90. The second-order valence-corrected chi connectivity index (χ2v) is 7.34. The van der Waals surface area contributed by atoms with Crippen molar-refractivity contribution in [2.45, 2.75) is 17.6 Å². The van der Waals surface area contributed by atoms with E-state index in [1.165, 1.54) is 0 Å². The lowest BCUT2D eigenvalue weighted by Gasteiger charge is -2.10. The summed E-state index contributed by atoms with van der Waals surface area (Å²) < 4.78 is 26.8. The standard InChI is InChI=1S/C9H12BrNO4S2/c1-6(4-8(12)13)5-11-17(14,15)9-7(10)2-3-16-9/h2-3,6,11H,4-5H2,1H3,(H,12,13). The van der Waals surface area contributed by atoms with Crippen LogP contribution in [0.3, 0.4) is 0 Å². The van der Waals surface area contributed by atoms with E-state index in [0.717, 1.165) is 11.3 Å². The van der Waals surface area contributed by atoms with Crippen LogP contribution in [0.2, 0.25) is 0 Å². The lowest BCUT2D eigenvalue weighted by atomic mass is 10.1. The average molecular weight is 342 g/mol. The molecule has 0 bridgehead atoms. The van der Waals surface area contributed by atoms with Crippen molar-refractivity contribution < 1.29 is 18.3 Å². The van der Waals surface area contributed by atoms with Crippen molar-refractivity contribution in [2.24, 2.45) is 5.92 Å². The maximum absolute atomic E-state index is 11.8. The van der Waals surface area contributed by atoms with E-state index in [-0.39, 0.29) is 23.1 Å². The predicted molar refractivity (Wildman–Crippen MR) is 68.6 cm³/mol. The molecule has 1 aromatic rings. The number of aliphatic carboxylic acids is 1. The van der Waals surface area contributed by atoms with E-state index >= 15 is 0 Å². The van der Waals surface area contributed by atoms with Gasteiger partial charge in [0.25, 0.3) is 10.0 Å². The van der Waals surface area contributed by atoms with Crippen LogP contribution < -0.4 is 4.72 Å². The van der Waals surface area contributed by atoms with E-state index in [2.05, 4.69) is 20.7 Å². The number of carboxylic acid groups (broad SMARTS) is 1. The molecular weight excluding hydrogens is 330 g/mol. The second kappa shape index (κ2) is 5.94. The molecule has 5 nitrogen and oxygen atoms in total. The molecule has 0 fully saturated rings. The Morgan fingerprint density at radius 3 is 2.76 bits per heavy atom. The molecule has 0 amide bonds. The third-order valence-corrected chi connectivity index (χ3v) is 6.07. The van der Waals surface area contributed by atoms with Gasteiger partial charge >= 0.3 is 5.97 Å². The Bertz CT molecular complexity index is 497. The third kappa shape index (κ3) is 4.38. The number of carbonyl (C=O) groups is 1. The maximum Gasteiger partial charge on any atom is 0.303 e. The minimum Gasteiger partial charge on any atom is -0.481 e. The summed E-state index contributed by atoms with van der Waals surface area (Å²) in [5.41, 5.74) is 0. The molecule has 1 heterocycles. The smallest absolute Gasteiger partial charge is 0.303 e. The van der Waals surface area contributed by atoms with Gasteiger partial charge in [-0.15, -0.1) is 11.3 Å². The highest BCUT2D eigenvalue weighted by atomic mass is 79.9. The van der Waals surface area contributed by atoms with E-state index in [9.17, 15) is 13.2 Å². The molecule has 1 unspecified atom stereocenters. The molecule has 0 spiro atoms. The van der Waals surface area contributed by atoms with Gasteiger partial charge in [-0.25, -0.2) is 13.1 Å². The van der Waals surface area contributed by atoms with Crippen LogP contribution in [0.15, 0.2) is 20.1 Å². The molecular formula is C9H12BrNO4S2. The number of hydrogen-bond acceptors (Lipinski definition) is 4. The van der Waals surface area contributed by atoms with Gasteiger partial charge in [0.05, 0.1) is 0 Å². The fraction of sp³-hybridized carbons (Fsp3) is 0.444. The lowest BCUT2D eigenvalue weighted by Crippen LogP contribution is -2.29. The van der Waals surface area contributed by atoms with Gasteiger partial charge in [-0.2, -0.15) is 0 Å². The van der Waals surface area contributed by atoms with E-state index in [0.29, 0.717) is 4.47 Å². The van der Waals surface area contributed by atoms with Gasteiger partial charge in [0.1, 0.15) is 4.21 Å². The van der Waals surface area contributed by atoms with Crippen LogP contribution in [0.1, 0.15) is 13.3 Å². The Balaban J connectivity index is 2.63. The van der Waals surface area contributed by atoms with Crippen LogP contribution in [0.5, 0.6) is 0 Å². The number of thiophene rings is 1. The summed E-state index contributed by atoms with van der Waals surface area (Å²) >= 11 is 4.25. The first-order chi connectivity index (χ1) is 7.83. The van der Waals surface area contributed by atoms with Crippen LogP contribution in [-0.2, 0) is 14.8 Å². The Hall–Kier alpha value is -0.440. The van der Waals surface area contributed by atoms with Gasteiger partial charge < -0.3 is 5.11 Å². The first kappa shape index (κ1) is 14.6. The van der Waals surface area contributed by atoms with E-state index < -0.39 is 16.0 Å². The van der Waals surface area contributed by atoms with Crippen molar-refractivity contribution in [1.29, 1.82) is 0 Å². The zero-order valence-corrected chi connectivity index (χ0v) is 12.2. The number of hydrogen-bond donors (Lipinski definition) is 2. The fourth-order valence-electron chi connectivity index (χ4n) is 1.16. The molecule has 0 radical (unpaired) electrons. The SMILES string of the molecule is CC(CNS(=O)(=O)c1sccc1Br)CC(=O)O. The summed E-state index contributed by atoms with van der Waals surface area (Å²) in [7, 11) is -3.55. The van der Waals surface area contributed by atoms with Crippen LogP contribution in [0, 0.1) is 5.92 Å². The molecule has 0 aliphatic rings. The molecule has 0 aromatic carbocycles. The number of halogens is 1. The molecule has 0 aliphatic heterocycles. The van der Waals surface area contributed by atoms with Gasteiger partial charge in [-0.05, 0) is 33.3 Å². The van der Waals surface area contributed by atoms with Crippen molar-refractivity contribution in [3.63, 3.8) is 0 Å². The highest BCUT2D eigenvalue weighted by Crippen LogP contribution is 2.27. The highest BCUT2D eigenvalue weighted by Gasteiger charge is 2.20. The summed E-state index contributed by atoms with van der Waals surface area (Å²) in [5, 5.41) is 10.2. The van der Waals surface area contributed by atoms with Crippen LogP contribution in [0.25, 0.3) is 0 Å². The van der Waals surface area contributed by atoms with Gasteiger partial charge in [-0.1, -0.05) is 6.92 Å². The first-order valence-electron chi connectivity index (χ1n) is 4.77. The molecule has 0 aliphatic carbocycles. The van der Waals surface area contributed by atoms with Crippen LogP contribution >= 0.6 is 27.3 Å². The lowest BCUT2D eigenvalue weighted by molar-refractivity contribution is -0.137. The molecule has 8 heteroatoms. The maximum atomic E-state index is 11.8. The Kier molecular flexibility index (Phi) is 5.11. The Morgan fingerprint density at radius 1 is 1.65 bits per heavy atom. The summed E-state index contributed by atoms with van der Waals surface area (Å²) in [6.45, 7) is 1.79. The van der Waals surface area contributed by atoms with Crippen molar-refractivity contribution in [1.82, 2.24) is 4.72 Å². The normalized spacial score (nSPS) is 13.5. The van der Waals surface area contributed by atoms with Crippen molar-refractivity contribution in [2.75, 3.05) is 6.54 Å². The molecule has 2 N–H and O–H groups in total. The fourth-order valence-corrected chi connectivity index (χ4v) is 4.70. The monoisotopic (exact) mass is 341 g/mol. The summed E-state index contributed by atoms with van der Waals surface area (Å²) in [4.78, 5) is 10.4. The molecule has 96 valence electrons. The van der Waals surface area contributed by atoms with Gasteiger partial charge in [0.15, 0.2) is 0 Å². The van der Waals surface area contributed by atoms with Crippen molar-refractivity contribution in [3.8, 4) is 0 Å². The third-order valence-electron chi connectivity index (χ3n) is 1.97. The molecule has 1 rings (SSSR count). The summed E-state index contributed by atoms with van der Waals surface area (Å²) in [5.74, 6) is -1.19. The number of carboxylic acids is 1. The zero-order valence-electron chi connectivity index (χ0n) is 9.01. The molecule has 1 atom stereocenters. The summed E-state index contributed by atoms with van der Waals surface area (Å²) in [6, 6.07) is 1.65. The van der Waals surface area contributed by atoms with E-state index in [4.69, 9.17) is 5.11 Å². The summed E-state index contributed by atoms with van der Waals surface area (Å²) in [6.07, 6.45) is -0.0614. The van der Waals surface area contributed by atoms with Crippen molar-refractivity contribution in [3.05, 3.63) is 15.9 Å². The number of nitrogens with one attached hydrogen (secondary N) is 1. The Labute approximate surface area is 112 Å². The van der Waals surface area contributed by atoms with Gasteiger partial charge in [0, 0.05) is 17.4 Å². The van der Waals surface area contributed by atoms with Crippen molar-refractivity contribution >= 4 is 43.3 Å². The van der Waals surface area contributed by atoms with E-state index in [1.807, 2.05) is 0 Å². The average Bonchev–Trinajstić information content (AvgIpc) is 2.61. The largest absolute Gasteiger partial charge is 0.481 e. The van der Waals surface area contributed by atoms with Crippen LogP contribution in [-0.4, -0.2) is 26.0 Å². The molecule has 0 saturated heterocycles. The first-order valence-corrected chi connectivity index (χ1v) is 7.93. The highest BCUT2D eigenvalue weighted by molar-refractivity contribution is 9.10. The number of rotatable bonds is 6. The van der Waals surface area contributed by atoms with Gasteiger partial charge in [-0.3, -0.25) is 4.79 Å². The molecule has 1 aromatic heterocycles. The quantitative estimate of drug-likeness (QED) is 0.827. The molecule has 17 heavy (non-hydrogen) atoms. The van der Waals surface area contributed by atoms with Crippen LogP contribution in [0.4, 0.5) is 0 Å². The molecule has 0 saturated carbocycles. The van der Waals surface area contributed by atoms with E-state index in [1.54, 1.807) is 18.4 Å². The van der Waals surface area contributed by atoms with Gasteiger partial charge in [0.2, 0.25) is 0 Å². The number of sulfonamides is 1. The minimum absolute atomic E-state index is 0.0614. The topological polar surface area (TPSA) is 83.5 Å². The minimum atomic E-state index is -3.55. The Morgan fingerprint density at radius 2 is 2.29 bits per heavy atom. The second-order valence-electron chi connectivity index (χ2n) is 3.61.